The van der Waals surface area contributed by atoms with Crippen molar-refractivity contribution < 1.29 is 17.9 Å². The number of primary amides is 1. The first-order valence-corrected chi connectivity index (χ1v) is 15.5. The summed E-state index contributed by atoms with van der Waals surface area (Å²) in [6.45, 7) is 9.61. The zero-order valence-corrected chi connectivity index (χ0v) is 23.6. The van der Waals surface area contributed by atoms with Gasteiger partial charge in [0.2, 0.25) is 10.0 Å². The van der Waals surface area contributed by atoms with Crippen molar-refractivity contribution in [2.24, 2.45) is 17.1 Å². The number of carbonyl (C=O) groups is 1. The van der Waals surface area contributed by atoms with Gasteiger partial charge < -0.3 is 19.9 Å². The first kappa shape index (κ1) is 27.9. The molecule has 2 fully saturated rings. The van der Waals surface area contributed by atoms with E-state index in [2.05, 4.69) is 41.0 Å². The summed E-state index contributed by atoms with van der Waals surface area (Å²) in [6.07, 6.45) is 8.15. The van der Waals surface area contributed by atoms with Gasteiger partial charge in [-0.3, -0.25) is 0 Å². The fourth-order valence-corrected chi connectivity index (χ4v) is 6.95. The van der Waals surface area contributed by atoms with E-state index >= 15 is 0 Å². The number of sulfonamides is 1. The average Bonchev–Trinajstić information content (AvgIpc) is 3.15. The molecule has 1 amide bonds. The molecule has 1 aliphatic heterocycles. The summed E-state index contributed by atoms with van der Waals surface area (Å²) in [6, 6.07) is 9.15. The Morgan fingerprint density at radius 2 is 1.70 bits per heavy atom. The van der Waals surface area contributed by atoms with Gasteiger partial charge in [0, 0.05) is 54.7 Å². The number of nitrogens with one attached hydrogen (secondary N) is 1. The third-order valence-electron chi connectivity index (χ3n) is 8.52. The molecule has 0 atom stereocenters. The number of fused-ring (bicyclic) bond motifs is 1. The highest BCUT2D eigenvalue weighted by atomic mass is 32.2. The molecule has 1 saturated carbocycles. The molecule has 4 rings (SSSR count). The SMILES string of the molecule is CC(C)(C)C1CCC(N2CCC(n3c(CCOC(N)=O)c(CNS(C)(=O)=O)c4ccccc43)CC2)CC1. The second-order valence-electron chi connectivity index (χ2n) is 12.0. The first-order chi connectivity index (χ1) is 17.4. The third kappa shape index (κ3) is 6.86. The van der Waals surface area contributed by atoms with Crippen LogP contribution in [-0.2, 0) is 27.7 Å². The molecule has 0 radical (unpaired) electrons. The van der Waals surface area contributed by atoms with Gasteiger partial charge in [0.1, 0.15) is 0 Å². The van der Waals surface area contributed by atoms with Crippen molar-refractivity contribution in [1.82, 2.24) is 14.2 Å². The second-order valence-corrected chi connectivity index (χ2v) is 13.8. The van der Waals surface area contributed by atoms with E-state index in [1.54, 1.807) is 0 Å². The lowest BCUT2D eigenvalue weighted by Crippen LogP contribution is -2.44. The number of carbonyl (C=O) groups excluding carboxylic acids is 1. The predicted octanol–water partition coefficient (Wildman–Crippen LogP) is 4.57. The van der Waals surface area contributed by atoms with E-state index in [4.69, 9.17) is 10.5 Å². The number of piperidine rings is 1. The van der Waals surface area contributed by atoms with E-state index < -0.39 is 16.1 Å². The van der Waals surface area contributed by atoms with E-state index in [0.717, 1.165) is 54.0 Å². The maximum atomic E-state index is 11.9. The van der Waals surface area contributed by atoms with Crippen LogP contribution in [-0.4, -0.2) is 56.0 Å². The van der Waals surface area contributed by atoms with Crippen LogP contribution in [0.4, 0.5) is 4.79 Å². The van der Waals surface area contributed by atoms with Crippen molar-refractivity contribution in [2.75, 3.05) is 26.0 Å². The van der Waals surface area contributed by atoms with Gasteiger partial charge in [-0.2, -0.15) is 0 Å². The van der Waals surface area contributed by atoms with Gasteiger partial charge in [0.05, 0.1) is 12.9 Å². The number of ether oxygens (including phenoxy) is 1. The second kappa shape index (κ2) is 11.3. The molecule has 1 aromatic heterocycles. The smallest absolute Gasteiger partial charge is 0.404 e. The first-order valence-electron chi connectivity index (χ1n) is 13.7. The largest absolute Gasteiger partial charge is 0.449 e. The van der Waals surface area contributed by atoms with Crippen LogP contribution in [0.5, 0.6) is 0 Å². The molecule has 0 bridgehead atoms. The summed E-state index contributed by atoms with van der Waals surface area (Å²) < 4.78 is 34.0. The van der Waals surface area contributed by atoms with Crippen LogP contribution in [0.15, 0.2) is 24.3 Å². The number of rotatable bonds is 8. The molecule has 2 heterocycles. The van der Waals surface area contributed by atoms with Crippen molar-refractivity contribution in [3.05, 3.63) is 35.5 Å². The lowest BCUT2D eigenvalue weighted by molar-refractivity contribution is 0.0719. The molecular formula is C28H44N4O4S. The van der Waals surface area contributed by atoms with E-state index in [9.17, 15) is 13.2 Å². The van der Waals surface area contributed by atoms with Crippen molar-refractivity contribution in [3.63, 3.8) is 0 Å². The molecule has 8 nitrogen and oxygen atoms in total. The Balaban J connectivity index is 1.54. The summed E-state index contributed by atoms with van der Waals surface area (Å²) >= 11 is 0. The number of para-hydroxylation sites is 1. The molecule has 37 heavy (non-hydrogen) atoms. The van der Waals surface area contributed by atoms with Crippen LogP contribution in [0.25, 0.3) is 10.9 Å². The Kier molecular flexibility index (Phi) is 8.55. The minimum absolute atomic E-state index is 0.160. The van der Waals surface area contributed by atoms with Crippen LogP contribution in [0.1, 0.15) is 76.6 Å². The number of hydrogen-bond donors (Lipinski definition) is 2. The van der Waals surface area contributed by atoms with E-state index in [-0.39, 0.29) is 13.2 Å². The van der Waals surface area contributed by atoms with Crippen molar-refractivity contribution in [2.45, 2.75) is 84.3 Å². The molecular weight excluding hydrogens is 488 g/mol. The molecule has 2 aromatic rings. The topological polar surface area (TPSA) is 107 Å². The van der Waals surface area contributed by atoms with Crippen molar-refractivity contribution in [1.29, 1.82) is 0 Å². The van der Waals surface area contributed by atoms with Crippen molar-refractivity contribution in [3.8, 4) is 0 Å². The molecule has 1 saturated heterocycles. The Labute approximate surface area is 222 Å². The van der Waals surface area contributed by atoms with Gasteiger partial charge in [0.15, 0.2) is 0 Å². The fraction of sp³-hybridized carbons (Fsp3) is 0.679. The van der Waals surface area contributed by atoms with Gasteiger partial charge in [-0.1, -0.05) is 39.0 Å². The number of nitrogens with two attached hydrogens (primary N) is 1. The lowest BCUT2D eigenvalue weighted by Gasteiger charge is -2.44. The number of likely N-dealkylation sites (tertiary alicyclic amines) is 1. The quantitative estimate of drug-likeness (QED) is 0.518. The summed E-state index contributed by atoms with van der Waals surface area (Å²) in [4.78, 5) is 13.9. The van der Waals surface area contributed by atoms with Gasteiger partial charge in [0.25, 0.3) is 0 Å². The zero-order valence-electron chi connectivity index (χ0n) is 22.8. The van der Waals surface area contributed by atoms with Gasteiger partial charge in [-0.05, 0) is 61.5 Å². The monoisotopic (exact) mass is 532 g/mol. The molecule has 0 unspecified atom stereocenters. The fourth-order valence-electron chi connectivity index (χ4n) is 6.54. The number of hydrogen-bond acceptors (Lipinski definition) is 5. The number of amides is 1. The molecule has 3 N–H and O–H groups in total. The van der Waals surface area contributed by atoms with Crippen molar-refractivity contribution >= 4 is 27.0 Å². The van der Waals surface area contributed by atoms with Crippen LogP contribution in [0.3, 0.4) is 0 Å². The lowest BCUT2D eigenvalue weighted by atomic mass is 9.71. The highest BCUT2D eigenvalue weighted by Gasteiger charge is 2.34. The van der Waals surface area contributed by atoms with Gasteiger partial charge in [-0.15, -0.1) is 0 Å². The molecule has 206 valence electrons. The summed E-state index contributed by atoms with van der Waals surface area (Å²) in [5.41, 5.74) is 8.68. The zero-order chi connectivity index (χ0) is 26.8. The summed E-state index contributed by atoms with van der Waals surface area (Å²) in [5, 5.41) is 1.04. The van der Waals surface area contributed by atoms with E-state index in [0.29, 0.717) is 23.9 Å². The molecule has 9 heteroatoms. The van der Waals surface area contributed by atoms with Crippen LogP contribution in [0.2, 0.25) is 0 Å². The van der Waals surface area contributed by atoms with Crippen LogP contribution in [0, 0.1) is 11.3 Å². The van der Waals surface area contributed by atoms with Crippen LogP contribution < -0.4 is 10.5 Å². The standard InChI is InChI=1S/C28H44N4O4S/c1-28(2,3)20-9-11-21(12-10-20)31-16-13-22(14-17-31)32-25-8-6-5-7-23(25)24(19-30-37(4,34)35)26(32)15-18-36-27(29)33/h5-8,20-22,30H,9-19H2,1-4H3,(H2,29,33). The predicted molar refractivity (Wildman–Crippen MR) is 148 cm³/mol. The highest BCUT2D eigenvalue weighted by molar-refractivity contribution is 7.88. The van der Waals surface area contributed by atoms with Gasteiger partial charge in [-0.25, -0.2) is 17.9 Å². The minimum atomic E-state index is -3.36. The molecule has 0 spiro atoms. The number of aromatic nitrogens is 1. The maximum Gasteiger partial charge on any atom is 0.404 e. The Morgan fingerprint density at radius 3 is 2.30 bits per heavy atom. The highest BCUT2D eigenvalue weighted by Crippen LogP contribution is 2.41. The minimum Gasteiger partial charge on any atom is -0.449 e. The molecule has 2 aliphatic rings. The molecule has 1 aromatic carbocycles. The van der Waals surface area contributed by atoms with E-state index in [1.165, 1.54) is 31.9 Å². The Bertz CT molecular complexity index is 1180. The van der Waals surface area contributed by atoms with Crippen LogP contribution >= 0.6 is 0 Å². The average molecular weight is 533 g/mol. The third-order valence-corrected chi connectivity index (χ3v) is 9.19. The normalized spacial score (nSPS) is 22.4. The van der Waals surface area contributed by atoms with E-state index in [1.807, 2.05) is 18.2 Å². The maximum absolute atomic E-state index is 11.9. The summed E-state index contributed by atoms with van der Waals surface area (Å²) in [5.74, 6) is 0.816. The van der Waals surface area contributed by atoms with Gasteiger partial charge >= 0.3 is 6.09 Å². The Morgan fingerprint density at radius 1 is 1.05 bits per heavy atom. The number of nitrogens with zero attached hydrogens (tertiary/aromatic N) is 2. The summed E-state index contributed by atoms with van der Waals surface area (Å²) in [7, 11) is -3.36. The molecule has 1 aliphatic carbocycles. The number of benzene rings is 1. The Hall–Kier alpha value is -2.10.